The lowest BCUT2D eigenvalue weighted by Crippen LogP contribution is -2.55. The van der Waals surface area contributed by atoms with Crippen LogP contribution in [0.5, 0.6) is 0 Å². The van der Waals surface area contributed by atoms with E-state index in [-0.39, 0.29) is 55.5 Å². The molecule has 0 radical (unpaired) electrons. The van der Waals surface area contributed by atoms with Crippen LogP contribution in [0.1, 0.15) is 38.8 Å². The van der Waals surface area contributed by atoms with Gasteiger partial charge < -0.3 is 19.4 Å². The Morgan fingerprint density at radius 1 is 1.06 bits per heavy atom. The van der Waals surface area contributed by atoms with Gasteiger partial charge in [0.25, 0.3) is 0 Å². The van der Waals surface area contributed by atoms with Crippen molar-refractivity contribution in [2.75, 3.05) is 31.1 Å². The molecular formula is C21H26F5N3O3. The molecule has 1 aromatic carbocycles. The van der Waals surface area contributed by atoms with Gasteiger partial charge in [-0.1, -0.05) is 0 Å². The topological polar surface area (TPSA) is 53.1 Å². The van der Waals surface area contributed by atoms with Crippen molar-refractivity contribution in [3.8, 4) is 0 Å². The van der Waals surface area contributed by atoms with Crippen LogP contribution in [0, 0.1) is 11.6 Å². The molecule has 32 heavy (non-hydrogen) atoms. The van der Waals surface area contributed by atoms with Gasteiger partial charge in [0, 0.05) is 56.1 Å². The van der Waals surface area contributed by atoms with E-state index in [1.807, 2.05) is 0 Å². The van der Waals surface area contributed by atoms with E-state index in [2.05, 4.69) is 0 Å². The predicted molar refractivity (Wildman–Crippen MR) is 106 cm³/mol. The molecule has 2 amide bonds. The van der Waals surface area contributed by atoms with Gasteiger partial charge in [-0.3, -0.25) is 4.79 Å². The van der Waals surface area contributed by atoms with Crippen molar-refractivity contribution in [2.24, 2.45) is 0 Å². The maximum atomic E-state index is 14.4. The summed E-state index contributed by atoms with van der Waals surface area (Å²) in [6.07, 6.45) is -5.77. The van der Waals surface area contributed by atoms with Crippen molar-refractivity contribution in [3.63, 3.8) is 0 Å². The van der Waals surface area contributed by atoms with Crippen LogP contribution in [-0.2, 0) is 22.5 Å². The number of alkyl halides is 3. The zero-order valence-electron chi connectivity index (χ0n) is 18.4. The molecule has 0 bridgehead atoms. The third-order valence-electron chi connectivity index (χ3n) is 5.52. The molecule has 6 nitrogen and oxygen atoms in total. The molecule has 0 spiro atoms. The summed E-state index contributed by atoms with van der Waals surface area (Å²) in [5.74, 6) is -4.22. The molecular weight excluding hydrogens is 437 g/mol. The molecule has 1 atom stereocenters. The monoisotopic (exact) mass is 463 g/mol. The van der Waals surface area contributed by atoms with Gasteiger partial charge in [0.1, 0.15) is 5.60 Å². The zero-order valence-corrected chi connectivity index (χ0v) is 18.4. The second-order valence-electron chi connectivity index (χ2n) is 9.09. The van der Waals surface area contributed by atoms with Crippen LogP contribution in [0.2, 0.25) is 0 Å². The summed E-state index contributed by atoms with van der Waals surface area (Å²) in [6.45, 7) is 6.89. The molecule has 1 unspecified atom stereocenters. The highest BCUT2D eigenvalue weighted by molar-refractivity contribution is 5.82. The molecule has 1 fully saturated rings. The van der Waals surface area contributed by atoms with Gasteiger partial charge in [0.15, 0.2) is 11.6 Å². The minimum Gasteiger partial charge on any atom is -0.444 e. The fourth-order valence-electron chi connectivity index (χ4n) is 4.06. The summed E-state index contributed by atoms with van der Waals surface area (Å²) in [6, 6.07) is 0.602. The van der Waals surface area contributed by atoms with E-state index in [9.17, 15) is 31.5 Å². The fourth-order valence-corrected chi connectivity index (χ4v) is 4.06. The first-order valence-electron chi connectivity index (χ1n) is 10.3. The summed E-state index contributed by atoms with van der Waals surface area (Å²) >= 11 is 0. The Morgan fingerprint density at radius 2 is 1.72 bits per heavy atom. The first-order valence-corrected chi connectivity index (χ1v) is 10.3. The summed E-state index contributed by atoms with van der Waals surface area (Å²) in [4.78, 5) is 28.0. The van der Waals surface area contributed by atoms with Crippen molar-refractivity contribution in [1.82, 2.24) is 9.80 Å². The van der Waals surface area contributed by atoms with Crippen LogP contribution in [-0.4, -0.2) is 65.8 Å². The lowest BCUT2D eigenvalue weighted by molar-refractivity contribution is -0.186. The number of ether oxygens (including phenoxy) is 1. The molecule has 2 aliphatic rings. The molecule has 178 valence electrons. The van der Waals surface area contributed by atoms with Gasteiger partial charge in [-0.05, 0) is 39.7 Å². The Balaban J connectivity index is 1.86. The molecule has 1 aromatic rings. The standard InChI is InChI=1S/C21H26F5N3O3/c1-12-10-27(7-8-29(12)19(31)32-20(2,3)4)16-9-15(22)17(23)13-5-6-28(11-14(13)16)18(30)21(24,25)26/h9,12H,5-8,10-11H2,1-4H3. The predicted octanol–water partition coefficient (Wildman–Crippen LogP) is 3.86. The van der Waals surface area contributed by atoms with Crippen LogP contribution >= 0.6 is 0 Å². The molecule has 0 N–H and O–H groups in total. The van der Waals surface area contributed by atoms with Crippen LogP contribution in [0.25, 0.3) is 0 Å². The number of amides is 2. The third-order valence-corrected chi connectivity index (χ3v) is 5.52. The Labute approximate surface area is 182 Å². The first kappa shape index (κ1) is 24.1. The SMILES string of the molecule is CC1CN(c2cc(F)c(F)c3c2CN(C(=O)C(F)(F)F)CC3)CCN1C(=O)OC(C)(C)C. The summed E-state index contributed by atoms with van der Waals surface area (Å²) in [7, 11) is 0. The van der Waals surface area contributed by atoms with Crippen molar-refractivity contribution in [3.05, 3.63) is 28.8 Å². The average Bonchev–Trinajstić information content (AvgIpc) is 2.67. The van der Waals surface area contributed by atoms with Gasteiger partial charge in [-0.2, -0.15) is 13.2 Å². The van der Waals surface area contributed by atoms with E-state index in [0.717, 1.165) is 6.07 Å². The molecule has 2 aliphatic heterocycles. The minimum atomic E-state index is -5.05. The molecule has 11 heteroatoms. The highest BCUT2D eigenvalue weighted by Crippen LogP contribution is 2.35. The number of hydrogen-bond donors (Lipinski definition) is 0. The number of hydrogen-bond acceptors (Lipinski definition) is 4. The lowest BCUT2D eigenvalue weighted by Gasteiger charge is -2.42. The molecule has 0 aliphatic carbocycles. The number of carbonyl (C=O) groups is 2. The van der Waals surface area contributed by atoms with Gasteiger partial charge in [-0.15, -0.1) is 0 Å². The molecule has 1 saturated heterocycles. The number of carbonyl (C=O) groups excluding carboxylic acids is 2. The highest BCUT2D eigenvalue weighted by atomic mass is 19.4. The third kappa shape index (κ3) is 4.91. The molecule has 2 heterocycles. The van der Waals surface area contributed by atoms with Gasteiger partial charge in [0.05, 0.1) is 0 Å². The smallest absolute Gasteiger partial charge is 0.444 e. The van der Waals surface area contributed by atoms with E-state index in [4.69, 9.17) is 4.74 Å². The van der Waals surface area contributed by atoms with Crippen molar-refractivity contribution >= 4 is 17.7 Å². The van der Waals surface area contributed by atoms with Crippen LogP contribution in [0.3, 0.4) is 0 Å². The highest BCUT2D eigenvalue weighted by Gasteiger charge is 2.44. The lowest BCUT2D eigenvalue weighted by atomic mass is 9.95. The maximum absolute atomic E-state index is 14.4. The second-order valence-corrected chi connectivity index (χ2v) is 9.09. The summed E-state index contributed by atoms with van der Waals surface area (Å²) in [5, 5.41) is 0. The Bertz CT molecular complexity index is 913. The Hall–Kier alpha value is -2.59. The molecule has 3 rings (SSSR count). The molecule has 0 saturated carbocycles. The number of halogens is 5. The van der Waals surface area contributed by atoms with Gasteiger partial charge >= 0.3 is 18.2 Å². The van der Waals surface area contributed by atoms with E-state index < -0.39 is 42.0 Å². The normalized spacial score (nSPS) is 19.7. The van der Waals surface area contributed by atoms with E-state index >= 15 is 0 Å². The number of anilines is 1. The van der Waals surface area contributed by atoms with Crippen LogP contribution in [0.15, 0.2) is 6.07 Å². The van der Waals surface area contributed by atoms with Gasteiger partial charge in [-0.25, -0.2) is 13.6 Å². The van der Waals surface area contributed by atoms with Crippen LogP contribution < -0.4 is 4.90 Å². The maximum Gasteiger partial charge on any atom is 0.471 e. The Morgan fingerprint density at radius 3 is 2.28 bits per heavy atom. The number of nitrogens with zero attached hydrogens (tertiary/aromatic N) is 3. The van der Waals surface area contributed by atoms with E-state index in [1.54, 1.807) is 32.6 Å². The minimum absolute atomic E-state index is 0.0200. The van der Waals surface area contributed by atoms with Crippen molar-refractivity contribution < 1.29 is 36.3 Å². The number of fused-ring (bicyclic) bond motifs is 1. The zero-order chi connectivity index (χ0) is 24.0. The first-order chi connectivity index (χ1) is 14.7. The second kappa shape index (κ2) is 8.40. The summed E-state index contributed by atoms with van der Waals surface area (Å²) in [5.41, 5.74) is -0.310. The quantitative estimate of drug-likeness (QED) is 0.594. The number of benzene rings is 1. The average molecular weight is 463 g/mol. The Kier molecular flexibility index (Phi) is 6.32. The van der Waals surface area contributed by atoms with Crippen molar-refractivity contribution in [2.45, 2.75) is 58.5 Å². The fraction of sp³-hybridized carbons (Fsp3) is 0.619. The van der Waals surface area contributed by atoms with Crippen LogP contribution in [0.4, 0.5) is 32.4 Å². The largest absolute Gasteiger partial charge is 0.471 e. The number of rotatable bonds is 1. The van der Waals surface area contributed by atoms with Gasteiger partial charge in [0.2, 0.25) is 0 Å². The van der Waals surface area contributed by atoms with E-state index in [1.165, 1.54) is 4.90 Å². The number of piperazine rings is 1. The van der Waals surface area contributed by atoms with E-state index in [0.29, 0.717) is 4.90 Å². The summed E-state index contributed by atoms with van der Waals surface area (Å²) < 4.78 is 72.8. The van der Waals surface area contributed by atoms with Crippen molar-refractivity contribution in [1.29, 1.82) is 0 Å². The molecule has 0 aromatic heterocycles.